The number of hydrogen-bond donors (Lipinski definition) is 1. The highest BCUT2D eigenvalue weighted by Crippen LogP contribution is 2.33. The van der Waals surface area contributed by atoms with Crippen molar-refractivity contribution in [3.05, 3.63) is 46.5 Å². The first-order valence-electron chi connectivity index (χ1n) is 6.61. The molecule has 1 N–H and O–H groups in total. The number of anilines is 1. The number of carbonyl (C=O) groups excluding carboxylic acids is 2. The third kappa shape index (κ3) is 4.07. The van der Waals surface area contributed by atoms with E-state index in [0.717, 1.165) is 28.4 Å². The van der Waals surface area contributed by atoms with Crippen molar-refractivity contribution in [3.63, 3.8) is 0 Å². The molecule has 1 fully saturated rings. The zero-order valence-electron chi connectivity index (χ0n) is 12.4. The minimum Gasteiger partial charge on any atom is -0.326 e. The Morgan fingerprint density at radius 1 is 1.29 bits per heavy atom. The second-order valence-corrected chi connectivity index (χ2v) is 6.30. The van der Waals surface area contributed by atoms with Gasteiger partial charge >= 0.3 is 0 Å². The second kappa shape index (κ2) is 7.55. The van der Waals surface area contributed by atoms with E-state index in [0.29, 0.717) is 10.6 Å². The number of thioether (sulfide) groups is 1. The summed E-state index contributed by atoms with van der Waals surface area (Å²) in [7, 11) is 0. The van der Waals surface area contributed by atoms with Crippen LogP contribution in [-0.2, 0) is 9.59 Å². The Hall–Kier alpha value is -2.94. The highest BCUT2D eigenvalue weighted by molar-refractivity contribution is 8.26. The largest absolute Gasteiger partial charge is 0.326 e. The maximum Gasteiger partial charge on any atom is 0.270 e. The zero-order valence-corrected chi connectivity index (χ0v) is 14.1. The Bertz CT molecular complexity index is 842. The Morgan fingerprint density at radius 2 is 1.92 bits per heavy atom. The van der Waals surface area contributed by atoms with Crippen LogP contribution in [0.2, 0.25) is 0 Å². The van der Waals surface area contributed by atoms with Crippen molar-refractivity contribution in [2.45, 2.75) is 6.92 Å². The van der Waals surface area contributed by atoms with Crippen LogP contribution < -0.4 is 5.32 Å². The maximum absolute atomic E-state index is 12.3. The molecule has 6 nitrogen and oxygen atoms in total. The summed E-state index contributed by atoms with van der Waals surface area (Å²) in [5.74, 6) is -0.555. The molecule has 1 aliphatic rings. The minimum absolute atomic E-state index is 0.166. The van der Waals surface area contributed by atoms with Gasteiger partial charge in [0.2, 0.25) is 5.91 Å². The third-order valence-corrected chi connectivity index (χ3v) is 4.18. The van der Waals surface area contributed by atoms with Crippen molar-refractivity contribution in [1.29, 1.82) is 10.5 Å². The first kappa shape index (κ1) is 17.4. The molecule has 8 heteroatoms. The topological polar surface area (TPSA) is 97.0 Å². The van der Waals surface area contributed by atoms with Crippen LogP contribution in [-0.4, -0.2) is 21.0 Å². The molecule has 1 aliphatic heterocycles. The first-order valence-corrected chi connectivity index (χ1v) is 7.84. The molecule has 0 bridgehead atoms. The van der Waals surface area contributed by atoms with Gasteiger partial charge in [0.15, 0.2) is 4.32 Å². The molecule has 0 aromatic heterocycles. The van der Waals surface area contributed by atoms with E-state index >= 15 is 0 Å². The number of benzene rings is 1. The van der Waals surface area contributed by atoms with Crippen LogP contribution in [0.1, 0.15) is 12.5 Å². The summed E-state index contributed by atoms with van der Waals surface area (Å²) in [5, 5.41) is 20.2. The lowest BCUT2D eigenvalue weighted by molar-refractivity contribution is -0.120. The van der Waals surface area contributed by atoms with Crippen LogP contribution >= 0.6 is 24.0 Å². The molecule has 1 aromatic rings. The zero-order chi connectivity index (χ0) is 17.7. The number of carbonyl (C=O) groups is 2. The van der Waals surface area contributed by atoms with Crippen molar-refractivity contribution in [2.24, 2.45) is 0 Å². The van der Waals surface area contributed by atoms with Gasteiger partial charge in [-0.05, 0) is 23.8 Å². The van der Waals surface area contributed by atoms with E-state index in [1.807, 2.05) is 0 Å². The number of thiocarbonyl (C=S) groups is 1. The highest BCUT2D eigenvalue weighted by atomic mass is 32.2. The highest BCUT2D eigenvalue weighted by Gasteiger charge is 2.31. The molecule has 1 aromatic carbocycles. The van der Waals surface area contributed by atoms with E-state index in [1.165, 1.54) is 6.92 Å². The van der Waals surface area contributed by atoms with Crippen LogP contribution in [0, 0.1) is 22.7 Å². The Balaban J connectivity index is 2.23. The predicted octanol–water partition coefficient (Wildman–Crippen LogP) is 2.78. The van der Waals surface area contributed by atoms with Crippen LogP contribution in [0.25, 0.3) is 6.08 Å². The first-order chi connectivity index (χ1) is 11.4. The van der Waals surface area contributed by atoms with E-state index in [1.54, 1.807) is 42.5 Å². The molecule has 0 unspecified atom stereocenters. The fourth-order valence-electron chi connectivity index (χ4n) is 1.82. The number of hydrogen-bond acceptors (Lipinski definition) is 6. The average Bonchev–Trinajstić information content (AvgIpc) is 2.80. The van der Waals surface area contributed by atoms with Gasteiger partial charge in [-0.3, -0.25) is 14.5 Å². The molecule has 0 atom stereocenters. The normalized spacial score (nSPS) is 15.0. The Morgan fingerprint density at radius 3 is 2.46 bits per heavy atom. The van der Waals surface area contributed by atoms with Gasteiger partial charge in [0, 0.05) is 18.8 Å². The SMILES string of the molecule is CC(=O)Nc1ccc(/C=C2\SC(=S)N(C=C(C#N)C#N)C2=O)cc1. The van der Waals surface area contributed by atoms with Crippen LogP contribution in [0.3, 0.4) is 0 Å². The summed E-state index contributed by atoms with van der Waals surface area (Å²) in [4.78, 5) is 24.8. The molecule has 118 valence electrons. The molecule has 2 amide bonds. The van der Waals surface area contributed by atoms with E-state index < -0.39 is 0 Å². The number of rotatable bonds is 3. The molecule has 0 aliphatic carbocycles. The van der Waals surface area contributed by atoms with Crippen molar-refractivity contribution < 1.29 is 9.59 Å². The van der Waals surface area contributed by atoms with Crippen LogP contribution in [0.4, 0.5) is 5.69 Å². The summed E-state index contributed by atoms with van der Waals surface area (Å²) in [6.07, 6.45) is 2.79. The third-order valence-electron chi connectivity index (χ3n) is 2.85. The van der Waals surface area contributed by atoms with Crippen molar-refractivity contribution >= 4 is 51.9 Å². The van der Waals surface area contributed by atoms with Gasteiger partial charge in [0.1, 0.15) is 17.7 Å². The number of nitriles is 2. The molecule has 0 saturated carbocycles. The number of amides is 2. The van der Waals surface area contributed by atoms with E-state index in [2.05, 4.69) is 5.32 Å². The molecule has 1 heterocycles. The van der Waals surface area contributed by atoms with Gasteiger partial charge in [-0.1, -0.05) is 36.1 Å². The minimum atomic E-state index is -0.390. The lowest BCUT2D eigenvalue weighted by atomic mass is 10.2. The van der Waals surface area contributed by atoms with Gasteiger partial charge in [0.05, 0.1) is 4.91 Å². The summed E-state index contributed by atoms with van der Waals surface area (Å²) in [5.41, 5.74) is 1.21. The molecule has 1 saturated heterocycles. The van der Waals surface area contributed by atoms with Crippen LogP contribution in [0.15, 0.2) is 40.9 Å². The van der Waals surface area contributed by atoms with Crippen molar-refractivity contribution in [3.8, 4) is 12.1 Å². The van der Waals surface area contributed by atoms with Gasteiger partial charge in [0.25, 0.3) is 5.91 Å². The monoisotopic (exact) mass is 354 g/mol. The lowest BCUT2D eigenvalue weighted by Crippen LogP contribution is -2.22. The van der Waals surface area contributed by atoms with E-state index in [-0.39, 0.29) is 21.7 Å². The maximum atomic E-state index is 12.3. The average molecular weight is 354 g/mol. The molecular formula is C16H10N4O2S2. The van der Waals surface area contributed by atoms with Crippen LogP contribution in [0.5, 0.6) is 0 Å². The fraction of sp³-hybridized carbons (Fsp3) is 0.0625. The lowest BCUT2D eigenvalue weighted by Gasteiger charge is -2.06. The number of nitrogens with zero attached hydrogens (tertiary/aromatic N) is 3. The standard InChI is InChI=1S/C16H10N4O2S2/c1-10(21)19-13-4-2-11(3-5-13)6-14-15(22)20(16(23)24-14)9-12(7-17)8-18/h2-6,9H,1H3,(H,19,21)/b14-6-. The summed E-state index contributed by atoms with van der Waals surface area (Å²) in [6.45, 7) is 1.42. The second-order valence-electron chi connectivity index (χ2n) is 4.62. The molecular weight excluding hydrogens is 344 g/mol. The summed E-state index contributed by atoms with van der Waals surface area (Å²) >= 11 is 6.20. The van der Waals surface area contributed by atoms with Crippen molar-refractivity contribution in [2.75, 3.05) is 5.32 Å². The number of allylic oxidation sites excluding steroid dienone is 1. The van der Waals surface area contributed by atoms with E-state index in [4.69, 9.17) is 22.7 Å². The molecule has 2 rings (SSSR count). The number of nitrogens with one attached hydrogen (secondary N) is 1. The smallest absolute Gasteiger partial charge is 0.270 e. The predicted molar refractivity (Wildman–Crippen MR) is 95.1 cm³/mol. The molecule has 0 radical (unpaired) electrons. The summed E-state index contributed by atoms with van der Waals surface area (Å²) < 4.78 is 0.254. The van der Waals surface area contributed by atoms with Gasteiger partial charge in [-0.25, -0.2) is 0 Å². The van der Waals surface area contributed by atoms with Gasteiger partial charge in [-0.2, -0.15) is 10.5 Å². The molecule has 24 heavy (non-hydrogen) atoms. The van der Waals surface area contributed by atoms with Gasteiger partial charge in [-0.15, -0.1) is 0 Å². The van der Waals surface area contributed by atoms with Crippen molar-refractivity contribution in [1.82, 2.24) is 4.90 Å². The Labute approximate surface area is 148 Å². The fourth-order valence-corrected chi connectivity index (χ4v) is 3.03. The quantitative estimate of drug-likeness (QED) is 0.509. The Kier molecular flexibility index (Phi) is 5.48. The van der Waals surface area contributed by atoms with E-state index in [9.17, 15) is 9.59 Å². The summed E-state index contributed by atoms with van der Waals surface area (Å²) in [6, 6.07) is 10.3. The van der Waals surface area contributed by atoms with Gasteiger partial charge < -0.3 is 5.32 Å². The molecule has 0 spiro atoms.